The third-order valence-electron chi connectivity index (χ3n) is 3.28. The van der Waals surface area contributed by atoms with Crippen LogP contribution in [0.15, 0.2) is 10.7 Å². The zero-order chi connectivity index (χ0) is 13.0. The number of aryl methyl sites for hydroxylation is 1. The molecule has 18 heavy (non-hydrogen) atoms. The summed E-state index contributed by atoms with van der Waals surface area (Å²) in [6.45, 7) is 6.20. The highest BCUT2D eigenvalue weighted by molar-refractivity contribution is 7.09. The second-order valence-corrected chi connectivity index (χ2v) is 5.76. The molecular formula is C13H21N3OS. The van der Waals surface area contributed by atoms with Crippen LogP contribution in [0.25, 0.3) is 0 Å². The Hall–Kier alpha value is -0.940. The van der Waals surface area contributed by atoms with Crippen molar-refractivity contribution in [2.24, 2.45) is 5.16 Å². The molecule has 0 saturated carbocycles. The lowest BCUT2D eigenvalue weighted by molar-refractivity contribution is 0.0596. The number of oxime groups is 1. The van der Waals surface area contributed by atoms with Gasteiger partial charge >= 0.3 is 0 Å². The zero-order valence-corrected chi connectivity index (χ0v) is 12.2. The van der Waals surface area contributed by atoms with Gasteiger partial charge in [-0.05, 0) is 26.8 Å². The van der Waals surface area contributed by atoms with E-state index in [0.717, 1.165) is 32.4 Å². The molecule has 0 amide bonds. The van der Waals surface area contributed by atoms with E-state index < -0.39 is 0 Å². The number of aromatic nitrogens is 1. The van der Waals surface area contributed by atoms with Gasteiger partial charge in [0.25, 0.3) is 0 Å². The molecule has 2 rings (SSSR count). The predicted octanol–water partition coefficient (Wildman–Crippen LogP) is 2.48. The fraction of sp³-hybridized carbons (Fsp3) is 0.692. The molecule has 0 spiro atoms. The molecule has 100 valence electrons. The summed E-state index contributed by atoms with van der Waals surface area (Å²) in [6, 6.07) is 0. The molecule has 1 atom stereocenters. The average Bonchev–Trinajstić information content (AvgIpc) is 2.96. The molecule has 0 aliphatic carbocycles. The lowest BCUT2D eigenvalue weighted by Crippen LogP contribution is -2.31. The van der Waals surface area contributed by atoms with Gasteiger partial charge in [-0.2, -0.15) is 0 Å². The Kier molecular flexibility index (Phi) is 4.72. The lowest BCUT2D eigenvalue weighted by Gasteiger charge is -2.19. The first-order chi connectivity index (χ1) is 8.69. The van der Waals surface area contributed by atoms with Crippen LogP contribution in [0.5, 0.6) is 0 Å². The van der Waals surface area contributed by atoms with Crippen LogP contribution in [0.4, 0.5) is 0 Å². The summed E-state index contributed by atoms with van der Waals surface area (Å²) in [5.41, 5.74) is 4.28. The number of hydrogen-bond acceptors (Lipinski definition) is 5. The second kappa shape index (κ2) is 6.29. The Bertz CT molecular complexity index is 416. The van der Waals surface area contributed by atoms with Crippen LogP contribution in [0.3, 0.4) is 0 Å². The Morgan fingerprint density at radius 3 is 3.00 bits per heavy atom. The van der Waals surface area contributed by atoms with E-state index in [0.29, 0.717) is 0 Å². The number of hydrogen-bond donors (Lipinski definition) is 0. The third-order valence-corrected chi connectivity index (χ3v) is 4.28. The molecule has 0 radical (unpaired) electrons. The van der Waals surface area contributed by atoms with Gasteiger partial charge in [-0.1, -0.05) is 12.1 Å². The molecule has 0 aromatic carbocycles. The summed E-state index contributed by atoms with van der Waals surface area (Å²) in [4.78, 5) is 13.4. The minimum Gasteiger partial charge on any atom is -0.391 e. The van der Waals surface area contributed by atoms with Gasteiger partial charge in [0.1, 0.15) is 6.10 Å². The first kappa shape index (κ1) is 13.5. The molecule has 2 heterocycles. The minimum absolute atomic E-state index is 0.243. The second-order valence-electron chi connectivity index (χ2n) is 4.82. The van der Waals surface area contributed by atoms with Gasteiger partial charge in [-0.15, -0.1) is 11.3 Å². The lowest BCUT2D eigenvalue weighted by atomic mass is 10.1. The summed E-state index contributed by atoms with van der Waals surface area (Å²) in [7, 11) is 2.14. The van der Waals surface area contributed by atoms with Gasteiger partial charge in [0, 0.05) is 24.4 Å². The zero-order valence-electron chi connectivity index (χ0n) is 11.3. The Labute approximate surface area is 113 Å². The van der Waals surface area contributed by atoms with E-state index >= 15 is 0 Å². The van der Waals surface area contributed by atoms with Crippen molar-refractivity contribution in [3.05, 3.63) is 16.1 Å². The summed E-state index contributed by atoms with van der Waals surface area (Å²) >= 11 is 1.75. The molecule has 0 N–H and O–H groups in total. The summed E-state index contributed by atoms with van der Waals surface area (Å²) in [5.74, 6) is 0. The van der Waals surface area contributed by atoms with Gasteiger partial charge in [-0.3, -0.25) is 0 Å². The molecule has 1 aromatic heterocycles. The van der Waals surface area contributed by atoms with Crippen LogP contribution < -0.4 is 0 Å². The SMILES string of the molecule is CCC1=NO[C@H](CN(C)CCc2scnc2C)C1. The smallest absolute Gasteiger partial charge is 0.145 e. The minimum atomic E-state index is 0.243. The molecule has 0 bridgehead atoms. The average molecular weight is 267 g/mol. The molecule has 1 aliphatic heterocycles. The highest BCUT2D eigenvalue weighted by Gasteiger charge is 2.21. The maximum atomic E-state index is 5.42. The van der Waals surface area contributed by atoms with Crippen LogP contribution in [0, 0.1) is 6.92 Å². The maximum absolute atomic E-state index is 5.42. The number of thiazole rings is 1. The van der Waals surface area contributed by atoms with E-state index in [-0.39, 0.29) is 6.10 Å². The van der Waals surface area contributed by atoms with E-state index in [2.05, 4.69) is 35.9 Å². The molecular weight excluding hydrogens is 246 g/mol. The van der Waals surface area contributed by atoms with Crippen molar-refractivity contribution in [2.75, 3.05) is 20.1 Å². The first-order valence-electron chi connectivity index (χ1n) is 6.48. The van der Waals surface area contributed by atoms with Crippen LogP contribution >= 0.6 is 11.3 Å². The number of nitrogens with zero attached hydrogens (tertiary/aromatic N) is 3. The standard InChI is InChI=1S/C13H21N3OS/c1-4-11-7-12(17-15-11)8-16(3)6-5-13-10(2)14-9-18-13/h9,12H,4-8H2,1-3H3/t12-/m0/s1. The molecule has 0 unspecified atom stereocenters. The quantitative estimate of drug-likeness (QED) is 0.794. The van der Waals surface area contributed by atoms with Crippen molar-refractivity contribution in [1.82, 2.24) is 9.88 Å². The van der Waals surface area contributed by atoms with Crippen molar-refractivity contribution in [1.29, 1.82) is 0 Å². The van der Waals surface area contributed by atoms with Gasteiger partial charge in [0.15, 0.2) is 0 Å². The number of likely N-dealkylation sites (N-methyl/N-ethyl adjacent to an activating group) is 1. The summed E-state index contributed by atoms with van der Waals surface area (Å²) in [5, 5.41) is 4.09. The van der Waals surface area contributed by atoms with Crippen LogP contribution in [-0.4, -0.2) is 41.8 Å². The Balaban J connectivity index is 1.70. The molecule has 1 aromatic rings. The Morgan fingerprint density at radius 2 is 2.39 bits per heavy atom. The Morgan fingerprint density at radius 1 is 1.56 bits per heavy atom. The van der Waals surface area contributed by atoms with E-state index in [9.17, 15) is 0 Å². The normalized spacial score (nSPS) is 19.1. The molecule has 5 heteroatoms. The monoisotopic (exact) mass is 267 g/mol. The van der Waals surface area contributed by atoms with Gasteiger partial charge in [-0.25, -0.2) is 4.98 Å². The van der Waals surface area contributed by atoms with Gasteiger partial charge < -0.3 is 9.74 Å². The van der Waals surface area contributed by atoms with Crippen LogP contribution in [-0.2, 0) is 11.3 Å². The van der Waals surface area contributed by atoms with Gasteiger partial charge in [0.2, 0.25) is 0 Å². The van der Waals surface area contributed by atoms with Crippen molar-refractivity contribution in [3.63, 3.8) is 0 Å². The summed E-state index contributed by atoms with van der Waals surface area (Å²) < 4.78 is 0. The van der Waals surface area contributed by atoms with Crippen molar-refractivity contribution in [2.45, 2.75) is 39.2 Å². The molecule has 0 fully saturated rings. The third kappa shape index (κ3) is 3.53. The highest BCUT2D eigenvalue weighted by atomic mass is 32.1. The molecule has 4 nitrogen and oxygen atoms in total. The largest absolute Gasteiger partial charge is 0.391 e. The first-order valence-corrected chi connectivity index (χ1v) is 7.36. The topological polar surface area (TPSA) is 37.7 Å². The van der Waals surface area contributed by atoms with E-state index in [1.165, 1.54) is 16.3 Å². The fourth-order valence-corrected chi connectivity index (χ4v) is 2.86. The number of rotatable bonds is 6. The maximum Gasteiger partial charge on any atom is 0.145 e. The van der Waals surface area contributed by atoms with Crippen molar-refractivity contribution in [3.8, 4) is 0 Å². The van der Waals surface area contributed by atoms with Crippen molar-refractivity contribution < 1.29 is 4.84 Å². The molecule has 0 saturated heterocycles. The van der Waals surface area contributed by atoms with Crippen LogP contribution in [0.1, 0.15) is 30.3 Å². The van der Waals surface area contributed by atoms with E-state index in [1.54, 1.807) is 11.3 Å². The van der Waals surface area contributed by atoms with E-state index in [4.69, 9.17) is 4.84 Å². The predicted molar refractivity (Wildman–Crippen MR) is 75.3 cm³/mol. The van der Waals surface area contributed by atoms with Crippen LogP contribution in [0.2, 0.25) is 0 Å². The molecule has 1 aliphatic rings. The van der Waals surface area contributed by atoms with Crippen molar-refractivity contribution >= 4 is 17.0 Å². The van der Waals surface area contributed by atoms with E-state index in [1.807, 2.05) is 5.51 Å². The highest BCUT2D eigenvalue weighted by Crippen LogP contribution is 2.15. The summed E-state index contributed by atoms with van der Waals surface area (Å²) in [6.07, 6.45) is 3.30. The fourth-order valence-electron chi connectivity index (χ4n) is 2.09. The van der Waals surface area contributed by atoms with Gasteiger partial charge in [0.05, 0.1) is 16.9 Å².